The van der Waals surface area contributed by atoms with Crippen LogP contribution in [0.3, 0.4) is 0 Å². The van der Waals surface area contributed by atoms with Crippen LogP contribution >= 0.6 is 24.2 Å². The highest BCUT2D eigenvalue weighted by molar-refractivity contribution is 8.00. The van der Waals surface area contributed by atoms with Crippen LogP contribution in [0.15, 0.2) is 0 Å². The molecule has 2 rings (SSSR count). The summed E-state index contributed by atoms with van der Waals surface area (Å²) in [6.45, 7) is 7.28. The highest BCUT2D eigenvalue weighted by Gasteiger charge is 2.33. The third-order valence-electron chi connectivity index (χ3n) is 3.35. The van der Waals surface area contributed by atoms with Gasteiger partial charge in [-0.15, -0.1) is 12.4 Å². The zero-order valence-electron chi connectivity index (χ0n) is 10.7. The van der Waals surface area contributed by atoms with E-state index in [2.05, 4.69) is 24.1 Å². The van der Waals surface area contributed by atoms with Gasteiger partial charge in [0.1, 0.15) is 0 Å². The van der Waals surface area contributed by atoms with Crippen LogP contribution in [0.25, 0.3) is 0 Å². The fraction of sp³-hybridized carbons (Fsp3) is 0.917. The van der Waals surface area contributed by atoms with E-state index in [1.807, 2.05) is 11.8 Å². The number of amides is 1. The average molecular weight is 279 g/mol. The summed E-state index contributed by atoms with van der Waals surface area (Å²) in [6.07, 6.45) is 3.42. The number of hydrogen-bond donors (Lipinski definition) is 1. The molecule has 2 aliphatic heterocycles. The minimum absolute atomic E-state index is 0. The second kappa shape index (κ2) is 6.30. The monoisotopic (exact) mass is 278 g/mol. The Morgan fingerprint density at radius 2 is 2.18 bits per heavy atom. The van der Waals surface area contributed by atoms with Crippen LogP contribution in [0, 0.1) is 0 Å². The molecule has 1 unspecified atom stereocenters. The van der Waals surface area contributed by atoms with E-state index in [1.54, 1.807) is 0 Å². The molecule has 0 saturated carbocycles. The first-order chi connectivity index (χ1) is 7.58. The summed E-state index contributed by atoms with van der Waals surface area (Å²) in [5, 5.41) is 3.35. The maximum atomic E-state index is 12.3. The molecule has 0 bridgehead atoms. The first-order valence-corrected chi connectivity index (χ1v) is 7.23. The first-order valence-electron chi connectivity index (χ1n) is 6.25. The Labute approximate surface area is 114 Å². The van der Waals surface area contributed by atoms with Crippen molar-refractivity contribution in [2.24, 2.45) is 0 Å². The van der Waals surface area contributed by atoms with Crippen LogP contribution in [0.1, 0.15) is 33.1 Å². The summed E-state index contributed by atoms with van der Waals surface area (Å²) >= 11 is 1.97. The predicted octanol–water partition coefficient (Wildman–Crippen LogP) is 1.90. The molecule has 2 fully saturated rings. The number of hydrogen-bond acceptors (Lipinski definition) is 3. The normalized spacial score (nSPS) is 28.4. The van der Waals surface area contributed by atoms with Crippen molar-refractivity contribution < 1.29 is 4.79 Å². The van der Waals surface area contributed by atoms with E-state index in [0.717, 1.165) is 31.8 Å². The number of piperidine rings is 1. The molecule has 1 amide bonds. The number of carbonyl (C=O) groups excluding carboxylic acids is 1. The zero-order chi connectivity index (χ0) is 11.6. The van der Waals surface area contributed by atoms with E-state index in [1.165, 1.54) is 12.8 Å². The summed E-state index contributed by atoms with van der Waals surface area (Å²) in [4.78, 5) is 14.4. The number of nitrogens with zero attached hydrogens (tertiary/aromatic N) is 1. The molecule has 1 N–H and O–H groups in total. The van der Waals surface area contributed by atoms with Crippen molar-refractivity contribution >= 4 is 30.1 Å². The van der Waals surface area contributed by atoms with Gasteiger partial charge in [0.05, 0.1) is 6.04 Å². The molecule has 0 aromatic rings. The van der Waals surface area contributed by atoms with E-state index >= 15 is 0 Å². The standard InChI is InChI=1S/C12H22N2OS.ClH/c1-12(2)9-14(7-8-16-12)11(15)10-5-3-4-6-13-10;/h10,13H,3-9H2,1-2H3;1H. The van der Waals surface area contributed by atoms with Gasteiger partial charge in [-0.25, -0.2) is 0 Å². The van der Waals surface area contributed by atoms with Crippen molar-refractivity contribution in [3.8, 4) is 0 Å². The smallest absolute Gasteiger partial charge is 0.239 e. The zero-order valence-corrected chi connectivity index (χ0v) is 12.3. The average Bonchev–Trinajstić information content (AvgIpc) is 2.28. The van der Waals surface area contributed by atoms with Crippen LogP contribution in [-0.4, -0.2) is 47.0 Å². The Morgan fingerprint density at radius 3 is 2.76 bits per heavy atom. The molecule has 0 radical (unpaired) electrons. The number of carbonyl (C=O) groups is 1. The fourth-order valence-electron chi connectivity index (χ4n) is 2.49. The lowest BCUT2D eigenvalue weighted by Gasteiger charge is -2.39. The minimum atomic E-state index is 0. The summed E-state index contributed by atoms with van der Waals surface area (Å²) in [5.74, 6) is 1.40. The summed E-state index contributed by atoms with van der Waals surface area (Å²) in [5.41, 5.74) is 0. The van der Waals surface area contributed by atoms with Crippen LogP contribution in [0.5, 0.6) is 0 Å². The van der Waals surface area contributed by atoms with Gasteiger partial charge < -0.3 is 10.2 Å². The molecule has 2 saturated heterocycles. The Bertz CT molecular complexity index is 267. The number of thioether (sulfide) groups is 1. The van der Waals surface area contributed by atoms with Crippen molar-refractivity contribution in [2.75, 3.05) is 25.4 Å². The van der Waals surface area contributed by atoms with Gasteiger partial charge >= 0.3 is 0 Å². The molecule has 0 aromatic heterocycles. The Balaban J connectivity index is 0.00000144. The third-order valence-corrected chi connectivity index (χ3v) is 4.64. The highest BCUT2D eigenvalue weighted by Crippen LogP contribution is 2.30. The van der Waals surface area contributed by atoms with E-state index in [9.17, 15) is 4.79 Å². The van der Waals surface area contributed by atoms with Gasteiger partial charge in [0, 0.05) is 23.6 Å². The summed E-state index contributed by atoms with van der Waals surface area (Å²) in [7, 11) is 0. The van der Waals surface area contributed by atoms with Crippen molar-refractivity contribution in [1.29, 1.82) is 0 Å². The fourth-order valence-corrected chi connectivity index (χ4v) is 3.60. The molecule has 0 aromatic carbocycles. The Morgan fingerprint density at radius 1 is 1.41 bits per heavy atom. The predicted molar refractivity (Wildman–Crippen MR) is 76.0 cm³/mol. The summed E-state index contributed by atoms with van der Waals surface area (Å²) in [6, 6.07) is 0.0904. The molecular formula is C12H23ClN2OS. The van der Waals surface area contributed by atoms with Crippen LogP contribution < -0.4 is 5.32 Å². The second-order valence-electron chi connectivity index (χ2n) is 5.37. The third kappa shape index (κ3) is 4.04. The number of rotatable bonds is 1. The van der Waals surface area contributed by atoms with Gasteiger partial charge in [-0.1, -0.05) is 6.42 Å². The van der Waals surface area contributed by atoms with Crippen LogP contribution in [-0.2, 0) is 4.79 Å². The van der Waals surface area contributed by atoms with Gasteiger partial charge in [0.2, 0.25) is 5.91 Å². The van der Waals surface area contributed by atoms with Gasteiger partial charge in [-0.3, -0.25) is 4.79 Å². The lowest BCUT2D eigenvalue weighted by atomic mass is 10.0. The van der Waals surface area contributed by atoms with E-state index in [-0.39, 0.29) is 23.2 Å². The van der Waals surface area contributed by atoms with Crippen molar-refractivity contribution in [1.82, 2.24) is 10.2 Å². The van der Waals surface area contributed by atoms with Gasteiger partial charge in [0.25, 0.3) is 0 Å². The molecule has 3 nitrogen and oxygen atoms in total. The highest BCUT2D eigenvalue weighted by atomic mass is 35.5. The molecular weight excluding hydrogens is 256 g/mol. The van der Waals surface area contributed by atoms with Crippen LogP contribution in [0.4, 0.5) is 0 Å². The van der Waals surface area contributed by atoms with E-state index < -0.39 is 0 Å². The lowest BCUT2D eigenvalue weighted by molar-refractivity contribution is -0.134. The molecule has 100 valence electrons. The van der Waals surface area contributed by atoms with Gasteiger partial charge in [-0.05, 0) is 33.2 Å². The topological polar surface area (TPSA) is 32.3 Å². The summed E-state index contributed by atoms with van der Waals surface area (Å²) < 4.78 is 0.225. The van der Waals surface area contributed by atoms with Crippen LogP contribution in [0.2, 0.25) is 0 Å². The van der Waals surface area contributed by atoms with Gasteiger partial charge in [-0.2, -0.15) is 11.8 Å². The molecule has 2 heterocycles. The SMILES string of the molecule is CC1(C)CN(C(=O)C2CCCCN2)CCS1.Cl. The Kier molecular flexibility index (Phi) is 5.61. The van der Waals surface area contributed by atoms with E-state index in [4.69, 9.17) is 0 Å². The molecule has 17 heavy (non-hydrogen) atoms. The molecule has 0 aliphatic carbocycles. The van der Waals surface area contributed by atoms with Crippen molar-refractivity contribution in [2.45, 2.75) is 43.9 Å². The quantitative estimate of drug-likeness (QED) is 0.795. The molecule has 1 atom stereocenters. The molecule has 5 heteroatoms. The number of halogens is 1. The second-order valence-corrected chi connectivity index (χ2v) is 7.17. The van der Waals surface area contributed by atoms with Crippen molar-refractivity contribution in [3.05, 3.63) is 0 Å². The lowest BCUT2D eigenvalue weighted by Crippen LogP contribution is -2.54. The first kappa shape index (κ1) is 15.1. The largest absolute Gasteiger partial charge is 0.339 e. The van der Waals surface area contributed by atoms with Crippen molar-refractivity contribution in [3.63, 3.8) is 0 Å². The van der Waals surface area contributed by atoms with Gasteiger partial charge in [0.15, 0.2) is 0 Å². The number of nitrogens with one attached hydrogen (secondary N) is 1. The maximum Gasteiger partial charge on any atom is 0.239 e. The maximum absolute atomic E-state index is 12.3. The molecule has 0 spiro atoms. The minimum Gasteiger partial charge on any atom is -0.339 e. The van der Waals surface area contributed by atoms with E-state index in [0.29, 0.717) is 5.91 Å². The molecule has 2 aliphatic rings. The Hall–Kier alpha value is 0.0700.